The van der Waals surface area contributed by atoms with Crippen LogP contribution < -0.4 is 0 Å². The summed E-state index contributed by atoms with van der Waals surface area (Å²) >= 11 is 6.00. The molecule has 1 unspecified atom stereocenters. The molecule has 1 aliphatic heterocycles. The summed E-state index contributed by atoms with van der Waals surface area (Å²) < 4.78 is 34.0. The molecule has 0 aromatic carbocycles. The monoisotopic (exact) mass is 327 g/mol. The second-order valence-electron chi connectivity index (χ2n) is 6.14. The highest BCUT2D eigenvalue weighted by atomic mass is 35.5. The molecule has 22 heavy (non-hydrogen) atoms. The molecule has 3 heterocycles. The van der Waals surface area contributed by atoms with Crippen molar-refractivity contribution in [2.45, 2.75) is 50.2 Å². The Kier molecular flexibility index (Phi) is 3.34. The molecular formula is C15H16ClF2N3O. The summed E-state index contributed by atoms with van der Waals surface area (Å²) in [6.07, 6.45) is 4.18. The summed E-state index contributed by atoms with van der Waals surface area (Å²) in [5.74, 6) is -2.78. The molecule has 2 aliphatic rings. The number of pyridine rings is 1. The fraction of sp³-hybridized carbons (Fsp3) is 0.600. The predicted octanol–water partition coefficient (Wildman–Crippen LogP) is 4.30. The van der Waals surface area contributed by atoms with Gasteiger partial charge in [0.2, 0.25) is 5.92 Å². The van der Waals surface area contributed by atoms with Gasteiger partial charge >= 0.3 is 0 Å². The predicted molar refractivity (Wildman–Crippen MR) is 78.3 cm³/mol. The molecule has 0 N–H and O–H groups in total. The van der Waals surface area contributed by atoms with Crippen LogP contribution in [-0.2, 0) is 4.74 Å². The third-order valence-electron chi connectivity index (χ3n) is 4.49. The fourth-order valence-electron chi connectivity index (χ4n) is 3.32. The van der Waals surface area contributed by atoms with Crippen molar-refractivity contribution in [2.75, 3.05) is 6.61 Å². The maximum Gasteiger partial charge on any atom is 0.249 e. The first kappa shape index (κ1) is 14.3. The van der Waals surface area contributed by atoms with Crippen molar-refractivity contribution in [3.8, 4) is 0 Å². The van der Waals surface area contributed by atoms with E-state index in [1.54, 1.807) is 16.9 Å². The molecule has 118 valence electrons. The lowest BCUT2D eigenvalue weighted by molar-refractivity contribution is -0.0879. The van der Waals surface area contributed by atoms with Gasteiger partial charge in [0.05, 0.1) is 11.2 Å². The minimum atomic E-state index is -2.57. The van der Waals surface area contributed by atoms with Crippen molar-refractivity contribution in [3.05, 3.63) is 23.1 Å². The van der Waals surface area contributed by atoms with Gasteiger partial charge in [-0.05, 0) is 19.3 Å². The second-order valence-corrected chi connectivity index (χ2v) is 6.52. The minimum Gasteiger partial charge on any atom is -0.356 e. The van der Waals surface area contributed by atoms with Crippen molar-refractivity contribution in [1.29, 1.82) is 0 Å². The summed E-state index contributed by atoms with van der Waals surface area (Å²) in [7, 11) is 0. The number of fused-ring (bicyclic) bond motifs is 1. The van der Waals surface area contributed by atoms with Crippen molar-refractivity contribution < 1.29 is 13.5 Å². The van der Waals surface area contributed by atoms with E-state index in [0.717, 1.165) is 30.2 Å². The van der Waals surface area contributed by atoms with Gasteiger partial charge < -0.3 is 4.74 Å². The zero-order chi connectivity index (χ0) is 15.3. The molecule has 0 amide bonds. The molecule has 4 nitrogen and oxygen atoms in total. The van der Waals surface area contributed by atoms with E-state index in [0.29, 0.717) is 17.5 Å². The van der Waals surface area contributed by atoms with Crippen LogP contribution in [0.15, 0.2) is 12.3 Å². The molecule has 1 aliphatic carbocycles. The van der Waals surface area contributed by atoms with E-state index in [9.17, 15) is 8.78 Å². The first-order valence-corrected chi connectivity index (χ1v) is 7.94. The maximum absolute atomic E-state index is 13.2. The smallest absolute Gasteiger partial charge is 0.249 e. The van der Waals surface area contributed by atoms with Crippen LogP contribution in [-0.4, -0.2) is 27.3 Å². The van der Waals surface area contributed by atoms with Crippen LogP contribution in [0.1, 0.15) is 49.9 Å². The van der Waals surface area contributed by atoms with E-state index in [4.69, 9.17) is 16.3 Å². The van der Waals surface area contributed by atoms with Gasteiger partial charge in [-0.3, -0.25) is 0 Å². The average Bonchev–Trinajstić information content (AvgIpc) is 2.84. The number of rotatable bonds is 2. The Bertz CT molecular complexity index is 704. The van der Waals surface area contributed by atoms with E-state index in [1.807, 2.05) is 0 Å². The van der Waals surface area contributed by atoms with Crippen LogP contribution >= 0.6 is 11.6 Å². The largest absolute Gasteiger partial charge is 0.356 e. The topological polar surface area (TPSA) is 39.9 Å². The number of aromatic nitrogens is 3. The third-order valence-corrected chi connectivity index (χ3v) is 4.70. The molecule has 4 rings (SSSR count). The highest BCUT2D eigenvalue weighted by Crippen LogP contribution is 2.49. The lowest BCUT2D eigenvalue weighted by Gasteiger charge is -2.33. The molecule has 0 radical (unpaired) electrons. The van der Waals surface area contributed by atoms with Crippen LogP contribution in [0.4, 0.5) is 8.78 Å². The summed E-state index contributed by atoms with van der Waals surface area (Å²) in [5, 5.41) is 5.78. The van der Waals surface area contributed by atoms with Crippen molar-refractivity contribution in [3.63, 3.8) is 0 Å². The fourth-order valence-corrected chi connectivity index (χ4v) is 3.48. The van der Waals surface area contributed by atoms with Crippen LogP contribution in [0.25, 0.3) is 10.9 Å². The lowest BCUT2D eigenvalue weighted by Crippen LogP contribution is -2.34. The Hall–Kier alpha value is -1.27. The summed E-state index contributed by atoms with van der Waals surface area (Å²) in [4.78, 5) is 4.09. The van der Waals surface area contributed by atoms with Gasteiger partial charge in [-0.2, -0.15) is 5.10 Å². The zero-order valence-corrected chi connectivity index (χ0v) is 12.7. The Balaban J connectivity index is 1.77. The number of nitrogens with zero attached hydrogens (tertiary/aromatic N) is 3. The third kappa shape index (κ3) is 2.38. The number of halogens is 3. The molecule has 1 saturated carbocycles. The van der Waals surface area contributed by atoms with Gasteiger partial charge in [-0.25, -0.2) is 18.4 Å². The molecule has 0 spiro atoms. The van der Waals surface area contributed by atoms with Gasteiger partial charge in [0.15, 0.2) is 6.23 Å². The van der Waals surface area contributed by atoms with Crippen molar-refractivity contribution in [1.82, 2.24) is 14.8 Å². The number of alkyl halides is 2. The molecule has 2 fully saturated rings. The van der Waals surface area contributed by atoms with Crippen LogP contribution in [0, 0.1) is 0 Å². The highest BCUT2D eigenvalue weighted by molar-refractivity contribution is 6.30. The van der Waals surface area contributed by atoms with Gasteiger partial charge in [-0.15, -0.1) is 0 Å². The Labute approximate surface area is 131 Å². The van der Waals surface area contributed by atoms with Crippen LogP contribution in [0.5, 0.6) is 0 Å². The van der Waals surface area contributed by atoms with E-state index in [-0.39, 0.29) is 25.0 Å². The zero-order valence-electron chi connectivity index (χ0n) is 11.9. The molecule has 0 bridgehead atoms. The molecular weight excluding hydrogens is 312 g/mol. The van der Waals surface area contributed by atoms with Gasteiger partial charge in [-0.1, -0.05) is 11.6 Å². The van der Waals surface area contributed by atoms with Gasteiger partial charge in [0.25, 0.3) is 0 Å². The van der Waals surface area contributed by atoms with E-state index < -0.39 is 5.92 Å². The van der Waals surface area contributed by atoms with Crippen LogP contribution in [0.3, 0.4) is 0 Å². The Morgan fingerprint density at radius 2 is 2.14 bits per heavy atom. The first-order valence-electron chi connectivity index (χ1n) is 7.57. The quantitative estimate of drug-likeness (QED) is 0.772. The van der Waals surface area contributed by atoms with E-state index >= 15 is 0 Å². The normalized spacial score (nSPS) is 25.3. The highest BCUT2D eigenvalue weighted by Gasteiger charge is 2.47. The number of hydrogen-bond donors (Lipinski definition) is 0. The molecule has 2 aromatic rings. The summed E-state index contributed by atoms with van der Waals surface area (Å²) in [6, 6.07) is 1.74. The second kappa shape index (κ2) is 5.13. The van der Waals surface area contributed by atoms with E-state index in [1.165, 1.54) is 0 Å². The van der Waals surface area contributed by atoms with Crippen molar-refractivity contribution in [2.24, 2.45) is 0 Å². The standard InChI is InChI=1S/C15H16ClF2N3O/c16-12-5-11-10(8-19-12)14(9-6-15(17,18)7-9)20-21(11)13-3-1-2-4-22-13/h5,8-9,13H,1-4,6-7H2. The number of hydrogen-bond acceptors (Lipinski definition) is 3. The van der Waals surface area contributed by atoms with Crippen LogP contribution in [0.2, 0.25) is 5.15 Å². The Morgan fingerprint density at radius 3 is 2.82 bits per heavy atom. The Morgan fingerprint density at radius 1 is 1.32 bits per heavy atom. The number of ether oxygens (including phenoxy) is 1. The minimum absolute atomic E-state index is 0.146. The summed E-state index contributed by atoms with van der Waals surface area (Å²) in [6.45, 7) is 0.696. The van der Waals surface area contributed by atoms with Crippen molar-refractivity contribution >= 4 is 22.5 Å². The van der Waals surface area contributed by atoms with Gasteiger partial charge in [0, 0.05) is 43.0 Å². The first-order chi connectivity index (χ1) is 10.5. The maximum atomic E-state index is 13.2. The summed E-state index contributed by atoms with van der Waals surface area (Å²) in [5.41, 5.74) is 1.51. The molecule has 7 heteroatoms. The molecule has 1 atom stereocenters. The average molecular weight is 328 g/mol. The van der Waals surface area contributed by atoms with Gasteiger partial charge in [0.1, 0.15) is 5.15 Å². The molecule has 1 saturated heterocycles. The lowest BCUT2D eigenvalue weighted by atomic mass is 9.78. The van der Waals surface area contributed by atoms with E-state index in [2.05, 4.69) is 10.1 Å². The molecule has 2 aromatic heterocycles. The SMILES string of the molecule is FC1(F)CC(c2nn(C3CCCCO3)c3cc(Cl)ncc23)C1.